The lowest BCUT2D eigenvalue weighted by molar-refractivity contribution is -0.150. The number of aliphatic hydroxyl groups excluding tert-OH is 1. The van der Waals surface area contributed by atoms with Crippen LogP contribution in [0.3, 0.4) is 0 Å². The molecule has 1 fully saturated rings. The Labute approximate surface area is 142 Å². The predicted octanol–water partition coefficient (Wildman–Crippen LogP) is 4.57. The van der Waals surface area contributed by atoms with Crippen molar-refractivity contribution in [3.8, 4) is 0 Å². The van der Waals surface area contributed by atoms with E-state index in [1.807, 2.05) is 6.92 Å². The van der Waals surface area contributed by atoms with Gasteiger partial charge in [0.25, 0.3) is 0 Å². The number of aliphatic hydroxyl groups is 1. The quantitative estimate of drug-likeness (QED) is 0.732. The van der Waals surface area contributed by atoms with E-state index in [4.69, 9.17) is 4.74 Å². The van der Waals surface area contributed by atoms with E-state index in [1.165, 1.54) is 9.13 Å². The molecule has 0 aliphatic heterocycles. The van der Waals surface area contributed by atoms with Gasteiger partial charge in [0.1, 0.15) is 0 Å². The highest BCUT2D eigenvalue weighted by Crippen LogP contribution is 2.44. The van der Waals surface area contributed by atoms with Gasteiger partial charge in [0.05, 0.1) is 11.7 Å². The Morgan fingerprint density at radius 1 is 1.14 bits per heavy atom. The van der Waals surface area contributed by atoms with Crippen molar-refractivity contribution in [3.05, 3.63) is 33.4 Å². The molecule has 1 N–H and O–H groups in total. The molecule has 3 heteroatoms. The van der Waals surface area contributed by atoms with Crippen LogP contribution in [0.25, 0.3) is 0 Å². The van der Waals surface area contributed by atoms with Crippen molar-refractivity contribution in [3.63, 3.8) is 0 Å². The highest BCUT2D eigenvalue weighted by Gasteiger charge is 2.44. The Morgan fingerprint density at radius 2 is 1.71 bits per heavy atom. The maximum absolute atomic E-state index is 10.8. The topological polar surface area (TPSA) is 29.5 Å². The molecule has 1 aliphatic rings. The normalized spacial score (nSPS) is 22.0. The second-order valence-electron chi connectivity index (χ2n) is 7.01. The molecule has 0 amide bonds. The van der Waals surface area contributed by atoms with Gasteiger partial charge in [-0.25, -0.2) is 0 Å². The molecule has 1 saturated carbocycles. The van der Waals surface area contributed by atoms with Crippen molar-refractivity contribution in [2.75, 3.05) is 6.61 Å². The molecule has 1 atom stereocenters. The molecule has 118 valence electrons. The van der Waals surface area contributed by atoms with Crippen LogP contribution in [-0.2, 0) is 11.2 Å². The molecule has 0 spiro atoms. The third-order valence-corrected chi connectivity index (χ3v) is 5.55. The lowest BCUT2D eigenvalue weighted by atomic mass is 9.68. The summed E-state index contributed by atoms with van der Waals surface area (Å²) in [6, 6.07) is 8.41. The van der Waals surface area contributed by atoms with Gasteiger partial charge in [-0.1, -0.05) is 26.0 Å². The summed E-state index contributed by atoms with van der Waals surface area (Å²) in [4.78, 5) is 0. The summed E-state index contributed by atoms with van der Waals surface area (Å²) in [5.41, 5.74) is 1.21. The zero-order valence-corrected chi connectivity index (χ0v) is 15.5. The third kappa shape index (κ3) is 4.42. The van der Waals surface area contributed by atoms with Gasteiger partial charge < -0.3 is 9.84 Å². The lowest BCUT2D eigenvalue weighted by Crippen LogP contribution is -2.50. The van der Waals surface area contributed by atoms with E-state index in [2.05, 4.69) is 60.7 Å². The number of rotatable bonds is 5. The van der Waals surface area contributed by atoms with E-state index in [-0.39, 0.29) is 5.60 Å². The van der Waals surface area contributed by atoms with Gasteiger partial charge >= 0.3 is 0 Å². The zero-order chi connectivity index (χ0) is 15.5. The summed E-state index contributed by atoms with van der Waals surface area (Å²) in [5.74, 6) is 0. The molecule has 2 nitrogen and oxygen atoms in total. The summed E-state index contributed by atoms with van der Waals surface area (Å²) in [6.45, 7) is 7.33. The molecule has 1 aromatic carbocycles. The smallest absolute Gasteiger partial charge is 0.0943 e. The maximum Gasteiger partial charge on any atom is 0.0943 e. The van der Waals surface area contributed by atoms with E-state index < -0.39 is 6.10 Å². The molecule has 1 unspecified atom stereocenters. The van der Waals surface area contributed by atoms with Crippen LogP contribution in [-0.4, -0.2) is 23.4 Å². The molecule has 1 aliphatic carbocycles. The van der Waals surface area contributed by atoms with Crippen LogP contribution in [0.15, 0.2) is 24.3 Å². The Hall–Kier alpha value is -0.130. The van der Waals surface area contributed by atoms with Crippen LogP contribution < -0.4 is 0 Å². The zero-order valence-electron chi connectivity index (χ0n) is 13.4. The Bertz CT molecular complexity index is 443. The summed E-state index contributed by atoms with van der Waals surface area (Å²) in [6.07, 6.45) is 4.41. The minimum atomic E-state index is -0.423. The fourth-order valence-electron chi connectivity index (χ4n) is 3.24. The lowest BCUT2D eigenvalue weighted by Gasteiger charge is -2.46. The van der Waals surface area contributed by atoms with Crippen LogP contribution in [0, 0.1) is 8.99 Å². The molecule has 0 radical (unpaired) electrons. The van der Waals surface area contributed by atoms with Crippen molar-refractivity contribution >= 4 is 22.6 Å². The van der Waals surface area contributed by atoms with Crippen molar-refractivity contribution in [2.24, 2.45) is 5.41 Å². The fourth-order valence-corrected chi connectivity index (χ4v) is 3.60. The van der Waals surface area contributed by atoms with Crippen LogP contribution in [0.5, 0.6) is 0 Å². The first kappa shape index (κ1) is 17.2. The van der Waals surface area contributed by atoms with E-state index in [0.717, 1.165) is 25.7 Å². The first-order valence-corrected chi connectivity index (χ1v) is 9.01. The molecule has 0 bridgehead atoms. The third-order valence-electron chi connectivity index (χ3n) is 4.83. The standard InChI is InChI=1S/C18H27IO2/c1-4-21-18(11-9-17(2,3)10-12-18)16(20)13-14-5-7-15(19)8-6-14/h5-8,16,20H,4,9-13H2,1-3H3. The van der Waals surface area contributed by atoms with Gasteiger partial charge in [-0.05, 0) is 78.3 Å². The number of benzene rings is 1. The highest BCUT2D eigenvalue weighted by molar-refractivity contribution is 14.1. The van der Waals surface area contributed by atoms with Gasteiger partial charge in [0.15, 0.2) is 0 Å². The minimum Gasteiger partial charge on any atom is -0.390 e. The minimum absolute atomic E-state index is 0.354. The molecule has 21 heavy (non-hydrogen) atoms. The summed E-state index contributed by atoms with van der Waals surface area (Å²) >= 11 is 2.31. The fraction of sp³-hybridized carbons (Fsp3) is 0.667. The molecule has 0 aromatic heterocycles. The average Bonchev–Trinajstić information content (AvgIpc) is 2.44. The van der Waals surface area contributed by atoms with Crippen LogP contribution >= 0.6 is 22.6 Å². The summed E-state index contributed by atoms with van der Waals surface area (Å²) in [5, 5.41) is 10.8. The van der Waals surface area contributed by atoms with Gasteiger partial charge in [-0.15, -0.1) is 0 Å². The van der Waals surface area contributed by atoms with Gasteiger partial charge in [0.2, 0.25) is 0 Å². The Kier molecular flexibility index (Phi) is 5.71. The number of hydrogen-bond acceptors (Lipinski definition) is 2. The second-order valence-corrected chi connectivity index (χ2v) is 8.25. The van der Waals surface area contributed by atoms with Crippen molar-refractivity contribution in [2.45, 2.75) is 64.6 Å². The highest BCUT2D eigenvalue weighted by atomic mass is 127. The molecule has 2 rings (SSSR count). The maximum atomic E-state index is 10.8. The monoisotopic (exact) mass is 402 g/mol. The largest absolute Gasteiger partial charge is 0.390 e. The van der Waals surface area contributed by atoms with Crippen LogP contribution in [0.2, 0.25) is 0 Å². The number of hydrogen-bond donors (Lipinski definition) is 1. The predicted molar refractivity (Wildman–Crippen MR) is 95.5 cm³/mol. The number of ether oxygens (including phenoxy) is 1. The summed E-state index contributed by atoms with van der Waals surface area (Å²) in [7, 11) is 0. The molecular weight excluding hydrogens is 375 g/mol. The van der Waals surface area contributed by atoms with Gasteiger partial charge in [-0.2, -0.15) is 0 Å². The van der Waals surface area contributed by atoms with Crippen molar-refractivity contribution in [1.29, 1.82) is 0 Å². The molecule has 0 heterocycles. The number of halogens is 1. The van der Waals surface area contributed by atoms with E-state index in [0.29, 0.717) is 18.4 Å². The van der Waals surface area contributed by atoms with Gasteiger partial charge in [0, 0.05) is 16.6 Å². The van der Waals surface area contributed by atoms with E-state index in [9.17, 15) is 5.11 Å². The van der Waals surface area contributed by atoms with Crippen molar-refractivity contribution < 1.29 is 9.84 Å². The van der Waals surface area contributed by atoms with Gasteiger partial charge in [-0.3, -0.25) is 0 Å². The molecule has 0 saturated heterocycles. The van der Waals surface area contributed by atoms with E-state index >= 15 is 0 Å². The van der Waals surface area contributed by atoms with Crippen LogP contribution in [0.1, 0.15) is 52.0 Å². The first-order valence-electron chi connectivity index (χ1n) is 7.93. The Morgan fingerprint density at radius 3 is 2.24 bits per heavy atom. The van der Waals surface area contributed by atoms with Crippen molar-refractivity contribution in [1.82, 2.24) is 0 Å². The molecular formula is C18H27IO2. The SMILES string of the molecule is CCOC1(C(O)Cc2ccc(I)cc2)CCC(C)(C)CC1. The summed E-state index contributed by atoms with van der Waals surface area (Å²) < 4.78 is 7.30. The van der Waals surface area contributed by atoms with Crippen LogP contribution in [0.4, 0.5) is 0 Å². The second kappa shape index (κ2) is 6.97. The Balaban J connectivity index is 2.08. The average molecular weight is 402 g/mol. The first-order chi connectivity index (χ1) is 9.87. The van der Waals surface area contributed by atoms with E-state index in [1.54, 1.807) is 0 Å². The molecule has 1 aromatic rings.